The van der Waals surface area contributed by atoms with Crippen molar-refractivity contribution in [3.8, 4) is 11.4 Å². The molecule has 0 saturated carbocycles. The molecule has 0 spiro atoms. The highest BCUT2D eigenvalue weighted by Crippen LogP contribution is 2.31. The lowest BCUT2D eigenvalue weighted by atomic mass is 10.2. The molecule has 4 aromatic rings. The number of rotatable bonds is 5. The van der Waals surface area contributed by atoms with E-state index in [0.717, 1.165) is 10.6 Å². The van der Waals surface area contributed by atoms with Gasteiger partial charge in [0.15, 0.2) is 0 Å². The van der Waals surface area contributed by atoms with Gasteiger partial charge in [-0.15, -0.1) is 11.8 Å². The molecule has 0 unspecified atom stereocenters. The smallest absolute Gasteiger partial charge is 0.274 e. The summed E-state index contributed by atoms with van der Waals surface area (Å²) in [5.74, 6) is 0.737. The normalized spacial score (nSPS) is 11.0. The van der Waals surface area contributed by atoms with Crippen LogP contribution in [0.15, 0.2) is 81.0 Å². The number of hydrogen-bond donors (Lipinski definition) is 0. The van der Waals surface area contributed by atoms with Gasteiger partial charge in [-0.25, -0.2) is 9.37 Å². The number of ether oxygens (including phenoxy) is 1. The summed E-state index contributed by atoms with van der Waals surface area (Å²) in [7, 11) is 1.48. The molecule has 4 nitrogen and oxygen atoms in total. The first-order valence-electron chi connectivity index (χ1n) is 8.79. The maximum atomic E-state index is 14.2. The van der Waals surface area contributed by atoms with Crippen molar-refractivity contribution in [2.45, 2.75) is 10.6 Å². The highest BCUT2D eigenvalue weighted by molar-refractivity contribution is 9.10. The molecule has 0 bridgehead atoms. The zero-order valence-electron chi connectivity index (χ0n) is 15.4. The summed E-state index contributed by atoms with van der Waals surface area (Å²) in [5, 5.41) is 0. The van der Waals surface area contributed by atoms with Crippen molar-refractivity contribution < 1.29 is 9.13 Å². The molecule has 0 aliphatic carbocycles. The van der Waals surface area contributed by atoms with E-state index in [4.69, 9.17) is 4.74 Å². The summed E-state index contributed by atoms with van der Waals surface area (Å²) in [6, 6.07) is 18.7. The third kappa shape index (κ3) is 4.06. The molecular weight excluding hydrogens is 455 g/mol. The van der Waals surface area contributed by atoms with Gasteiger partial charge in [0.05, 0.1) is 34.5 Å². The molecule has 0 saturated heterocycles. The van der Waals surface area contributed by atoms with E-state index in [1.807, 2.05) is 36.4 Å². The van der Waals surface area contributed by atoms with E-state index >= 15 is 0 Å². The fourth-order valence-corrected chi connectivity index (χ4v) is 4.24. The van der Waals surface area contributed by atoms with E-state index < -0.39 is 5.82 Å². The first kappa shape index (κ1) is 19.7. The Morgan fingerprint density at radius 2 is 1.93 bits per heavy atom. The standard InChI is InChI=1S/C22H16BrFN2O2S/c1-28-21-10-16(23)17(24)11-20(21)26-19-8-7-15(9-18(19)25-12-22(26)27)29-13-14-5-3-2-4-6-14/h2-12H,13H2,1H3. The predicted octanol–water partition coefficient (Wildman–Crippen LogP) is 5.59. The van der Waals surface area contributed by atoms with Gasteiger partial charge in [-0.05, 0) is 45.8 Å². The van der Waals surface area contributed by atoms with Crippen LogP contribution in [0.25, 0.3) is 16.7 Å². The summed E-state index contributed by atoms with van der Waals surface area (Å²) in [6.07, 6.45) is 1.24. The van der Waals surface area contributed by atoms with Gasteiger partial charge in [0.2, 0.25) is 0 Å². The van der Waals surface area contributed by atoms with Crippen LogP contribution in [0, 0.1) is 5.82 Å². The minimum atomic E-state index is -0.479. The third-order valence-electron chi connectivity index (χ3n) is 4.43. The van der Waals surface area contributed by atoms with Crippen LogP contribution >= 0.6 is 27.7 Å². The largest absolute Gasteiger partial charge is 0.495 e. The minimum Gasteiger partial charge on any atom is -0.495 e. The van der Waals surface area contributed by atoms with Crippen LogP contribution in [0.1, 0.15) is 5.56 Å². The Kier molecular flexibility index (Phi) is 5.69. The second-order valence-electron chi connectivity index (χ2n) is 6.29. The fraction of sp³-hybridized carbons (Fsp3) is 0.0909. The lowest BCUT2D eigenvalue weighted by molar-refractivity contribution is 0.411. The predicted molar refractivity (Wildman–Crippen MR) is 118 cm³/mol. The van der Waals surface area contributed by atoms with Crippen LogP contribution in [-0.4, -0.2) is 16.7 Å². The SMILES string of the molecule is COc1cc(Br)c(F)cc1-n1c(=O)cnc2cc(SCc3ccccc3)ccc21. The van der Waals surface area contributed by atoms with E-state index in [1.165, 1.54) is 35.6 Å². The van der Waals surface area contributed by atoms with Crippen molar-refractivity contribution in [3.05, 3.63) is 93.1 Å². The van der Waals surface area contributed by atoms with Crippen LogP contribution in [0.3, 0.4) is 0 Å². The van der Waals surface area contributed by atoms with E-state index in [-0.39, 0.29) is 10.0 Å². The Hall–Kier alpha value is -2.64. The monoisotopic (exact) mass is 470 g/mol. The van der Waals surface area contributed by atoms with E-state index in [9.17, 15) is 9.18 Å². The molecule has 0 aliphatic heterocycles. The molecule has 1 heterocycles. The van der Waals surface area contributed by atoms with Gasteiger partial charge in [0.25, 0.3) is 5.56 Å². The second-order valence-corrected chi connectivity index (χ2v) is 8.20. The Morgan fingerprint density at radius 3 is 2.69 bits per heavy atom. The van der Waals surface area contributed by atoms with E-state index in [2.05, 4.69) is 33.0 Å². The van der Waals surface area contributed by atoms with Crippen molar-refractivity contribution in [1.29, 1.82) is 0 Å². The number of nitrogens with zero attached hydrogens (tertiary/aromatic N) is 2. The Morgan fingerprint density at radius 1 is 1.14 bits per heavy atom. The molecule has 0 radical (unpaired) electrons. The zero-order chi connectivity index (χ0) is 20.4. The molecule has 0 N–H and O–H groups in total. The number of methoxy groups -OCH3 is 1. The van der Waals surface area contributed by atoms with Crippen molar-refractivity contribution in [2.75, 3.05) is 7.11 Å². The average molecular weight is 471 g/mol. The average Bonchev–Trinajstić information content (AvgIpc) is 2.74. The highest BCUT2D eigenvalue weighted by Gasteiger charge is 2.15. The van der Waals surface area contributed by atoms with Gasteiger partial charge < -0.3 is 4.74 Å². The van der Waals surface area contributed by atoms with E-state index in [0.29, 0.717) is 22.5 Å². The van der Waals surface area contributed by atoms with Crippen LogP contribution < -0.4 is 10.3 Å². The number of fused-ring (bicyclic) bond motifs is 1. The topological polar surface area (TPSA) is 44.1 Å². The Bertz CT molecular complexity index is 1240. The van der Waals surface area contributed by atoms with Gasteiger partial charge in [0.1, 0.15) is 11.6 Å². The molecule has 0 amide bonds. The summed E-state index contributed by atoms with van der Waals surface area (Å²) in [5.41, 5.74) is 2.43. The molecule has 3 aromatic carbocycles. The van der Waals surface area contributed by atoms with Crippen LogP contribution in [0.5, 0.6) is 5.75 Å². The summed E-state index contributed by atoms with van der Waals surface area (Å²) in [6.45, 7) is 0. The number of thioether (sulfide) groups is 1. The molecule has 0 fully saturated rings. The van der Waals surface area contributed by atoms with E-state index in [1.54, 1.807) is 11.8 Å². The Labute approximate surface area is 179 Å². The quantitative estimate of drug-likeness (QED) is 0.356. The first-order chi connectivity index (χ1) is 14.1. The Balaban J connectivity index is 1.77. The van der Waals surface area contributed by atoms with Crippen molar-refractivity contribution in [2.24, 2.45) is 0 Å². The minimum absolute atomic E-state index is 0.268. The molecule has 4 rings (SSSR count). The lowest BCUT2D eigenvalue weighted by Gasteiger charge is -2.14. The highest BCUT2D eigenvalue weighted by atomic mass is 79.9. The fourth-order valence-electron chi connectivity index (χ4n) is 3.03. The van der Waals surface area contributed by atoms with Gasteiger partial charge in [-0.2, -0.15) is 0 Å². The van der Waals surface area contributed by atoms with Crippen LogP contribution in [0.2, 0.25) is 0 Å². The molecule has 0 aliphatic rings. The number of benzene rings is 3. The summed E-state index contributed by atoms with van der Waals surface area (Å²) >= 11 is 4.84. The van der Waals surface area contributed by atoms with Crippen LogP contribution in [-0.2, 0) is 5.75 Å². The van der Waals surface area contributed by atoms with Gasteiger partial charge in [-0.1, -0.05) is 30.3 Å². The van der Waals surface area contributed by atoms with Crippen molar-refractivity contribution in [1.82, 2.24) is 9.55 Å². The van der Waals surface area contributed by atoms with Crippen molar-refractivity contribution >= 4 is 38.7 Å². The molecule has 146 valence electrons. The maximum Gasteiger partial charge on any atom is 0.274 e. The van der Waals surface area contributed by atoms with Crippen molar-refractivity contribution in [3.63, 3.8) is 0 Å². The molecular formula is C22H16BrFN2O2S. The molecule has 1 aromatic heterocycles. The number of hydrogen-bond acceptors (Lipinski definition) is 4. The summed E-state index contributed by atoms with van der Waals surface area (Å²) in [4.78, 5) is 17.9. The third-order valence-corrected chi connectivity index (χ3v) is 6.11. The van der Waals surface area contributed by atoms with Gasteiger partial charge in [0, 0.05) is 16.7 Å². The molecule has 29 heavy (non-hydrogen) atoms. The lowest BCUT2D eigenvalue weighted by Crippen LogP contribution is -2.19. The van der Waals surface area contributed by atoms with Gasteiger partial charge >= 0.3 is 0 Å². The first-order valence-corrected chi connectivity index (χ1v) is 10.6. The van der Waals surface area contributed by atoms with Gasteiger partial charge in [-0.3, -0.25) is 9.36 Å². The molecule has 7 heteroatoms. The maximum absolute atomic E-state index is 14.2. The van der Waals surface area contributed by atoms with Crippen LogP contribution in [0.4, 0.5) is 4.39 Å². The molecule has 0 atom stereocenters. The number of halogens is 2. The zero-order valence-corrected chi connectivity index (χ0v) is 17.8. The summed E-state index contributed by atoms with van der Waals surface area (Å²) < 4.78 is 21.3. The second kappa shape index (κ2) is 8.39. The number of aromatic nitrogens is 2.